The summed E-state index contributed by atoms with van der Waals surface area (Å²) in [7, 11) is 4.17. The minimum atomic E-state index is 0.356. The smallest absolute Gasteiger partial charge is 0.0364 e. The molecule has 0 aromatic heterocycles. The molecule has 2 nitrogen and oxygen atoms in total. The summed E-state index contributed by atoms with van der Waals surface area (Å²) in [6, 6.07) is 17.9. The summed E-state index contributed by atoms with van der Waals surface area (Å²) < 4.78 is 1.28. The third-order valence-corrected chi connectivity index (χ3v) is 4.31. The first-order valence-corrected chi connectivity index (χ1v) is 8.43. The average molecular weight is 394 g/mol. The summed E-state index contributed by atoms with van der Waals surface area (Å²) in [6.45, 7) is 3.14. The van der Waals surface area contributed by atoms with E-state index < -0.39 is 0 Å². The molecule has 0 spiro atoms. The topological polar surface area (TPSA) is 15.3 Å². The second-order valence-electron chi connectivity index (χ2n) is 5.43. The molecule has 21 heavy (non-hydrogen) atoms. The van der Waals surface area contributed by atoms with Crippen molar-refractivity contribution in [2.75, 3.05) is 25.5 Å². The van der Waals surface area contributed by atoms with Gasteiger partial charge in [-0.3, -0.25) is 0 Å². The molecule has 3 heteroatoms. The third-order valence-electron chi connectivity index (χ3n) is 3.59. The summed E-state index contributed by atoms with van der Waals surface area (Å²) in [5.74, 6) is 0. The zero-order valence-electron chi connectivity index (χ0n) is 12.9. The van der Waals surface area contributed by atoms with Crippen molar-refractivity contribution in [1.82, 2.24) is 5.32 Å². The lowest BCUT2D eigenvalue weighted by Gasteiger charge is -2.21. The van der Waals surface area contributed by atoms with E-state index in [-0.39, 0.29) is 0 Å². The van der Waals surface area contributed by atoms with Gasteiger partial charge in [-0.25, -0.2) is 0 Å². The van der Waals surface area contributed by atoms with Crippen LogP contribution in [0.4, 0.5) is 5.69 Å². The fraction of sp³-hybridized carbons (Fsp3) is 0.333. The minimum Gasteiger partial charge on any atom is -0.378 e. The molecule has 0 saturated heterocycles. The van der Waals surface area contributed by atoms with Crippen molar-refractivity contribution in [3.05, 3.63) is 63.2 Å². The van der Waals surface area contributed by atoms with Gasteiger partial charge in [0.1, 0.15) is 0 Å². The number of benzene rings is 2. The second kappa shape index (κ2) is 7.80. The summed E-state index contributed by atoms with van der Waals surface area (Å²) in [5, 5.41) is 3.61. The Morgan fingerprint density at radius 3 is 2.43 bits per heavy atom. The quantitative estimate of drug-likeness (QED) is 0.737. The number of hydrogen-bond donors (Lipinski definition) is 1. The summed E-state index contributed by atoms with van der Waals surface area (Å²) in [5.41, 5.74) is 3.97. The van der Waals surface area contributed by atoms with Crippen molar-refractivity contribution < 1.29 is 0 Å². The molecule has 0 bridgehead atoms. The Bertz CT molecular complexity index is 564. The molecule has 0 radical (unpaired) electrons. The lowest BCUT2D eigenvalue weighted by molar-refractivity contribution is 0.550. The Morgan fingerprint density at radius 2 is 1.81 bits per heavy atom. The maximum atomic E-state index is 3.61. The van der Waals surface area contributed by atoms with Crippen LogP contribution in [0.3, 0.4) is 0 Å². The van der Waals surface area contributed by atoms with Crippen LogP contribution in [-0.2, 0) is 6.42 Å². The van der Waals surface area contributed by atoms with Crippen molar-refractivity contribution in [2.24, 2.45) is 0 Å². The van der Waals surface area contributed by atoms with E-state index >= 15 is 0 Å². The fourth-order valence-electron chi connectivity index (χ4n) is 2.43. The van der Waals surface area contributed by atoms with Gasteiger partial charge < -0.3 is 10.2 Å². The van der Waals surface area contributed by atoms with Crippen molar-refractivity contribution >= 4 is 28.3 Å². The Morgan fingerprint density at radius 1 is 1.10 bits per heavy atom. The van der Waals surface area contributed by atoms with Crippen LogP contribution in [0.2, 0.25) is 0 Å². The van der Waals surface area contributed by atoms with Crippen LogP contribution in [0, 0.1) is 3.57 Å². The van der Waals surface area contributed by atoms with Crippen molar-refractivity contribution in [3.8, 4) is 0 Å². The number of hydrogen-bond acceptors (Lipinski definition) is 2. The largest absolute Gasteiger partial charge is 0.378 e. The molecule has 2 rings (SSSR count). The predicted octanol–water partition coefficient (Wildman–Crippen LogP) is 4.25. The Balaban J connectivity index is 2.21. The highest BCUT2D eigenvalue weighted by Gasteiger charge is 2.12. The SMILES string of the molecule is CCNC(Cc1ccc(I)cc1)c1cccc(N(C)C)c1. The molecule has 0 aliphatic heterocycles. The van der Waals surface area contributed by atoms with E-state index in [0.29, 0.717) is 6.04 Å². The molecule has 0 saturated carbocycles. The van der Waals surface area contributed by atoms with Crippen molar-refractivity contribution in [2.45, 2.75) is 19.4 Å². The van der Waals surface area contributed by atoms with Gasteiger partial charge in [-0.15, -0.1) is 0 Å². The monoisotopic (exact) mass is 394 g/mol. The van der Waals surface area contributed by atoms with Gasteiger partial charge in [-0.1, -0.05) is 31.2 Å². The molecule has 2 aromatic carbocycles. The fourth-order valence-corrected chi connectivity index (χ4v) is 2.79. The molecule has 1 atom stereocenters. The number of rotatable bonds is 6. The lowest BCUT2D eigenvalue weighted by Crippen LogP contribution is -2.23. The summed E-state index contributed by atoms with van der Waals surface area (Å²) >= 11 is 2.35. The van der Waals surface area contributed by atoms with E-state index in [9.17, 15) is 0 Å². The summed E-state index contributed by atoms with van der Waals surface area (Å²) in [6.07, 6.45) is 1.02. The van der Waals surface area contributed by atoms with E-state index in [0.717, 1.165) is 13.0 Å². The van der Waals surface area contributed by atoms with Gasteiger partial charge in [0.15, 0.2) is 0 Å². The first kappa shape index (κ1) is 16.3. The first-order valence-electron chi connectivity index (χ1n) is 7.35. The molecule has 0 heterocycles. The number of anilines is 1. The van der Waals surface area contributed by atoms with E-state index in [1.165, 1.54) is 20.4 Å². The first-order chi connectivity index (χ1) is 10.1. The second-order valence-corrected chi connectivity index (χ2v) is 6.68. The molecule has 1 N–H and O–H groups in total. The molecule has 112 valence electrons. The maximum Gasteiger partial charge on any atom is 0.0364 e. The van der Waals surface area contributed by atoms with Gasteiger partial charge in [0.2, 0.25) is 0 Å². The number of likely N-dealkylation sites (N-methyl/N-ethyl adjacent to an activating group) is 1. The van der Waals surface area contributed by atoms with Gasteiger partial charge in [0.25, 0.3) is 0 Å². The van der Waals surface area contributed by atoms with E-state index in [4.69, 9.17) is 0 Å². The zero-order valence-corrected chi connectivity index (χ0v) is 15.1. The highest BCUT2D eigenvalue weighted by molar-refractivity contribution is 14.1. The molecule has 0 aliphatic carbocycles. The zero-order chi connectivity index (χ0) is 15.2. The Labute approximate surface area is 141 Å². The van der Waals surface area contributed by atoms with Crippen LogP contribution < -0.4 is 10.2 Å². The third kappa shape index (κ3) is 4.71. The lowest BCUT2D eigenvalue weighted by atomic mass is 9.98. The van der Waals surface area contributed by atoms with Crippen LogP contribution in [0.15, 0.2) is 48.5 Å². The van der Waals surface area contributed by atoms with E-state index in [2.05, 4.69) is 102 Å². The molecular weight excluding hydrogens is 371 g/mol. The molecule has 0 aliphatic rings. The molecule has 2 aromatic rings. The Kier molecular flexibility index (Phi) is 6.06. The summed E-state index contributed by atoms with van der Waals surface area (Å²) in [4.78, 5) is 2.15. The maximum absolute atomic E-state index is 3.61. The van der Waals surface area contributed by atoms with Crippen LogP contribution >= 0.6 is 22.6 Å². The number of nitrogens with one attached hydrogen (secondary N) is 1. The normalized spacial score (nSPS) is 12.2. The minimum absolute atomic E-state index is 0.356. The molecule has 0 fully saturated rings. The number of halogens is 1. The highest BCUT2D eigenvalue weighted by atomic mass is 127. The van der Waals surface area contributed by atoms with Gasteiger partial charge in [0, 0.05) is 29.4 Å². The Hall–Kier alpha value is -1.07. The van der Waals surface area contributed by atoms with Gasteiger partial charge in [-0.2, -0.15) is 0 Å². The van der Waals surface area contributed by atoms with Gasteiger partial charge in [-0.05, 0) is 70.9 Å². The van der Waals surface area contributed by atoms with E-state index in [1.807, 2.05) is 0 Å². The molecule has 0 amide bonds. The molecule has 1 unspecified atom stereocenters. The molecular formula is C18H23IN2. The highest BCUT2D eigenvalue weighted by Crippen LogP contribution is 2.23. The standard InChI is InChI=1S/C18H23IN2/c1-4-20-18(12-14-8-10-16(19)11-9-14)15-6-5-7-17(13-15)21(2)3/h5-11,13,18,20H,4,12H2,1-3H3. The average Bonchev–Trinajstić information content (AvgIpc) is 2.49. The number of nitrogens with zero attached hydrogens (tertiary/aromatic N) is 1. The van der Waals surface area contributed by atoms with Crippen molar-refractivity contribution in [1.29, 1.82) is 0 Å². The van der Waals surface area contributed by atoms with Crippen LogP contribution in [0.1, 0.15) is 24.1 Å². The van der Waals surface area contributed by atoms with Gasteiger partial charge >= 0.3 is 0 Å². The van der Waals surface area contributed by atoms with Crippen molar-refractivity contribution in [3.63, 3.8) is 0 Å². The van der Waals surface area contributed by atoms with E-state index in [1.54, 1.807) is 0 Å². The van der Waals surface area contributed by atoms with Gasteiger partial charge in [0.05, 0.1) is 0 Å². The van der Waals surface area contributed by atoms with Crippen LogP contribution in [-0.4, -0.2) is 20.6 Å². The predicted molar refractivity (Wildman–Crippen MR) is 100 cm³/mol. The van der Waals surface area contributed by atoms with Crippen LogP contribution in [0.5, 0.6) is 0 Å². The van der Waals surface area contributed by atoms with Crippen LogP contribution in [0.25, 0.3) is 0 Å².